The van der Waals surface area contributed by atoms with Gasteiger partial charge in [0.05, 0.1) is 12.4 Å². The smallest absolute Gasteiger partial charge is 0.242 e. The Morgan fingerprint density at radius 1 is 1.24 bits per heavy atom. The van der Waals surface area contributed by atoms with Crippen LogP contribution < -0.4 is 4.74 Å². The summed E-state index contributed by atoms with van der Waals surface area (Å²) in [7, 11) is 0. The van der Waals surface area contributed by atoms with Crippen molar-refractivity contribution in [2.45, 2.75) is 0 Å². The van der Waals surface area contributed by atoms with E-state index in [1.807, 2.05) is 24.3 Å². The molecule has 17 heavy (non-hydrogen) atoms. The van der Waals surface area contributed by atoms with Gasteiger partial charge in [-0.3, -0.25) is 4.98 Å². The lowest BCUT2D eigenvalue weighted by Gasteiger charge is -2.05. The molecule has 0 atom stereocenters. The van der Waals surface area contributed by atoms with E-state index >= 15 is 0 Å². The van der Waals surface area contributed by atoms with E-state index < -0.39 is 0 Å². The van der Waals surface area contributed by atoms with Gasteiger partial charge in [-0.1, -0.05) is 6.07 Å². The Bertz CT molecular complexity index is 668. The fourth-order valence-electron chi connectivity index (χ4n) is 1.37. The van der Waals surface area contributed by atoms with Crippen LogP contribution >= 0.6 is 22.6 Å². The molecule has 2 aromatic heterocycles. The predicted octanol–water partition coefficient (Wildman–Crippen LogP) is 1.92. The Morgan fingerprint density at radius 3 is 3.06 bits per heavy atom. The van der Waals surface area contributed by atoms with Crippen LogP contribution in [0.2, 0.25) is 0 Å². The van der Waals surface area contributed by atoms with E-state index in [0.29, 0.717) is 11.5 Å². The Balaban J connectivity index is 2.02. The highest BCUT2D eigenvalue weighted by atomic mass is 127. The van der Waals surface area contributed by atoms with Crippen molar-refractivity contribution in [1.82, 2.24) is 25.0 Å². The monoisotopic (exact) mass is 339 g/mol. The Morgan fingerprint density at radius 2 is 2.18 bits per heavy atom. The zero-order chi connectivity index (χ0) is 11.7. The molecule has 0 bridgehead atoms. The maximum Gasteiger partial charge on any atom is 0.242 e. The minimum atomic E-state index is 0.481. The maximum atomic E-state index is 5.68. The summed E-state index contributed by atoms with van der Waals surface area (Å²) >= 11 is 2.22. The topological polar surface area (TPSA) is 65.2 Å². The number of fused-ring (bicyclic) bond motifs is 1. The molecule has 0 amide bonds. The maximum absolute atomic E-state index is 5.68. The molecule has 0 saturated carbocycles. The lowest BCUT2D eigenvalue weighted by molar-refractivity contribution is 0.441. The number of tetrazole rings is 1. The fraction of sp³-hybridized carbons (Fsp3) is 0. The van der Waals surface area contributed by atoms with Crippen LogP contribution in [0.15, 0.2) is 36.7 Å². The van der Waals surface area contributed by atoms with Crippen LogP contribution in [0, 0.1) is 3.57 Å². The Labute approximate surface area is 110 Å². The second kappa shape index (κ2) is 4.24. The third-order valence-electron chi connectivity index (χ3n) is 2.10. The molecule has 1 aromatic carbocycles. The van der Waals surface area contributed by atoms with E-state index in [2.05, 4.69) is 43.1 Å². The van der Waals surface area contributed by atoms with Gasteiger partial charge in [-0.05, 0) is 51.2 Å². The molecule has 6 nitrogen and oxygen atoms in total. The van der Waals surface area contributed by atoms with Crippen LogP contribution in [-0.4, -0.2) is 25.0 Å². The van der Waals surface area contributed by atoms with Gasteiger partial charge in [0.15, 0.2) is 0 Å². The normalized spacial score (nSPS) is 10.6. The molecule has 3 rings (SSSR count). The Kier molecular flexibility index (Phi) is 2.59. The van der Waals surface area contributed by atoms with Gasteiger partial charge in [-0.25, -0.2) is 0 Å². The van der Waals surface area contributed by atoms with Crippen LogP contribution in [0.5, 0.6) is 11.6 Å². The van der Waals surface area contributed by atoms with E-state index in [1.165, 1.54) is 4.52 Å². The minimum absolute atomic E-state index is 0.481. The number of halogens is 1. The lowest BCUT2D eigenvalue weighted by Crippen LogP contribution is -1.96. The highest BCUT2D eigenvalue weighted by molar-refractivity contribution is 14.1. The minimum Gasteiger partial charge on any atom is -0.437 e. The molecular weight excluding hydrogens is 333 g/mol. The summed E-state index contributed by atoms with van der Waals surface area (Å²) in [6.07, 6.45) is 3.14. The molecule has 84 valence electrons. The first kappa shape index (κ1) is 10.4. The highest BCUT2D eigenvalue weighted by Gasteiger charge is 2.06. The Hall–Kier alpha value is -1.77. The molecule has 2 heterocycles. The molecule has 0 saturated heterocycles. The van der Waals surface area contributed by atoms with Crippen molar-refractivity contribution < 1.29 is 4.74 Å². The van der Waals surface area contributed by atoms with Gasteiger partial charge in [0.25, 0.3) is 0 Å². The van der Waals surface area contributed by atoms with E-state index in [0.717, 1.165) is 9.32 Å². The first-order chi connectivity index (χ1) is 8.33. The van der Waals surface area contributed by atoms with Crippen LogP contribution in [-0.2, 0) is 0 Å². The number of nitrogens with zero attached hydrogens (tertiary/aromatic N) is 5. The molecule has 7 heteroatoms. The predicted molar refractivity (Wildman–Crippen MR) is 67.8 cm³/mol. The summed E-state index contributed by atoms with van der Waals surface area (Å²) in [4.78, 5) is 4.01. The number of ether oxygens (including phenoxy) is 1. The van der Waals surface area contributed by atoms with Crippen molar-refractivity contribution in [3.05, 3.63) is 40.2 Å². The van der Waals surface area contributed by atoms with Crippen molar-refractivity contribution in [2.24, 2.45) is 0 Å². The van der Waals surface area contributed by atoms with Crippen molar-refractivity contribution in [1.29, 1.82) is 0 Å². The van der Waals surface area contributed by atoms with Crippen LogP contribution in [0.25, 0.3) is 5.65 Å². The van der Waals surface area contributed by atoms with Gasteiger partial charge >= 0.3 is 0 Å². The second-order valence-electron chi connectivity index (χ2n) is 3.25. The summed E-state index contributed by atoms with van der Waals surface area (Å²) in [6.45, 7) is 0. The number of rotatable bonds is 2. The van der Waals surface area contributed by atoms with Gasteiger partial charge in [-0.15, -0.1) is 5.10 Å². The van der Waals surface area contributed by atoms with E-state index in [-0.39, 0.29) is 0 Å². The van der Waals surface area contributed by atoms with Crippen LogP contribution in [0.1, 0.15) is 0 Å². The summed E-state index contributed by atoms with van der Waals surface area (Å²) in [5, 5.41) is 11.2. The number of hydrogen-bond donors (Lipinski definition) is 0. The van der Waals surface area contributed by atoms with Crippen LogP contribution in [0.4, 0.5) is 0 Å². The molecule has 0 aliphatic heterocycles. The van der Waals surface area contributed by atoms with Crippen molar-refractivity contribution in [3.63, 3.8) is 0 Å². The van der Waals surface area contributed by atoms with Crippen LogP contribution in [0.3, 0.4) is 0 Å². The molecular formula is C10H6IN5O. The lowest BCUT2D eigenvalue weighted by atomic mass is 10.3. The van der Waals surface area contributed by atoms with Gasteiger partial charge < -0.3 is 4.74 Å². The van der Waals surface area contributed by atoms with Crippen molar-refractivity contribution >= 4 is 28.2 Å². The summed E-state index contributed by atoms with van der Waals surface area (Å²) in [6, 6.07) is 7.70. The SMILES string of the molecule is Ic1cccc(Oc2cncc3nnnn23)c1. The number of benzene rings is 1. The van der Waals surface area contributed by atoms with E-state index in [4.69, 9.17) is 4.74 Å². The quantitative estimate of drug-likeness (QED) is 0.668. The van der Waals surface area contributed by atoms with Gasteiger partial charge in [0.2, 0.25) is 11.5 Å². The highest BCUT2D eigenvalue weighted by Crippen LogP contribution is 2.21. The molecule has 0 aliphatic carbocycles. The second-order valence-corrected chi connectivity index (χ2v) is 4.50. The molecule has 0 spiro atoms. The zero-order valence-electron chi connectivity index (χ0n) is 8.49. The van der Waals surface area contributed by atoms with Gasteiger partial charge in [0, 0.05) is 3.57 Å². The standard InChI is InChI=1S/C10H6IN5O/c11-7-2-1-3-8(4-7)17-10-6-12-5-9-13-14-15-16(9)10/h1-6H. The third-order valence-corrected chi connectivity index (χ3v) is 2.77. The third kappa shape index (κ3) is 2.05. The molecule has 0 fully saturated rings. The summed E-state index contributed by atoms with van der Waals surface area (Å²) in [5.41, 5.74) is 0.549. The average Bonchev–Trinajstić information content (AvgIpc) is 2.78. The molecule has 0 N–H and O–H groups in total. The summed E-state index contributed by atoms with van der Waals surface area (Å²) < 4.78 is 8.27. The van der Waals surface area contributed by atoms with Crippen molar-refractivity contribution in [2.75, 3.05) is 0 Å². The first-order valence-corrected chi connectivity index (χ1v) is 5.86. The fourth-order valence-corrected chi connectivity index (χ4v) is 1.89. The molecule has 0 unspecified atom stereocenters. The average molecular weight is 339 g/mol. The number of aromatic nitrogens is 5. The summed E-state index contributed by atoms with van der Waals surface area (Å²) in [5.74, 6) is 1.20. The number of hydrogen-bond acceptors (Lipinski definition) is 5. The van der Waals surface area contributed by atoms with Gasteiger partial charge in [0.1, 0.15) is 5.75 Å². The molecule has 3 aromatic rings. The van der Waals surface area contributed by atoms with E-state index in [1.54, 1.807) is 12.4 Å². The largest absolute Gasteiger partial charge is 0.437 e. The van der Waals surface area contributed by atoms with Gasteiger partial charge in [-0.2, -0.15) is 4.52 Å². The zero-order valence-corrected chi connectivity index (χ0v) is 10.6. The van der Waals surface area contributed by atoms with Crippen molar-refractivity contribution in [3.8, 4) is 11.6 Å². The first-order valence-electron chi connectivity index (χ1n) is 4.78. The van der Waals surface area contributed by atoms with E-state index in [9.17, 15) is 0 Å². The molecule has 0 radical (unpaired) electrons. The molecule has 0 aliphatic rings.